The number of rotatable bonds is 2. The Morgan fingerprint density at radius 3 is 2.86 bits per heavy atom. The molecule has 22 heavy (non-hydrogen) atoms. The fourth-order valence-corrected chi connectivity index (χ4v) is 3.75. The van der Waals surface area contributed by atoms with Gasteiger partial charge < -0.3 is 9.64 Å². The zero-order chi connectivity index (χ0) is 15.7. The molecule has 0 bridgehead atoms. The molecule has 5 heteroatoms. The fourth-order valence-electron chi connectivity index (χ4n) is 2.84. The van der Waals surface area contributed by atoms with Gasteiger partial charge in [-0.2, -0.15) is 0 Å². The number of carbonyl (C=O) groups excluding carboxylic acids is 2. The molecule has 2 heterocycles. The fraction of sp³-hybridized carbons (Fsp3) is 0.294. The van der Waals surface area contributed by atoms with E-state index in [0.717, 1.165) is 22.4 Å². The molecule has 1 unspecified atom stereocenters. The standard InChI is InChI=1S/C17H17NO3S/c1-11-4-3-5-12(10-11)16(19)18-8-6-14-13(7-9-22-14)15(18)17(20)21-2/h3-5,7,9-10,15H,6,8H2,1-2H3. The van der Waals surface area contributed by atoms with Crippen LogP contribution < -0.4 is 0 Å². The van der Waals surface area contributed by atoms with E-state index in [2.05, 4.69) is 0 Å². The third kappa shape index (κ3) is 2.52. The lowest BCUT2D eigenvalue weighted by Gasteiger charge is -2.34. The largest absolute Gasteiger partial charge is 0.467 e. The van der Waals surface area contributed by atoms with Crippen LogP contribution in [-0.4, -0.2) is 30.4 Å². The first-order valence-electron chi connectivity index (χ1n) is 7.13. The summed E-state index contributed by atoms with van der Waals surface area (Å²) in [5.74, 6) is -0.517. The lowest BCUT2D eigenvalue weighted by molar-refractivity contribution is -0.146. The average molecular weight is 315 g/mol. The molecule has 114 valence electrons. The number of esters is 1. The average Bonchev–Trinajstić information content (AvgIpc) is 3.01. The summed E-state index contributed by atoms with van der Waals surface area (Å²) in [4.78, 5) is 27.8. The molecule has 0 spiro atoms. The lowest BCUT2D eigenvalue weighted by Crippen LogP contribution is -2.43. The van der Waals surface area contributed by atoms with Crippen LogP contribution in [0, 0.1) is 6.92 Å². The molecule has 0 fully saturated rings. The van der Waals surface area contributed by atoms with Crippen LogP contribution in [0.1, 0.15) is 32.4 Å². The highest BCUT2D eigenvalue weighted by Crippen LogP contribution is 2.35. The zero-order valence-corrected chi connectivity index (χ0v) is 13.4. The SMILES string of the molecule is COC(=O)C1c2ccsc2CCN1C(=O)c1cccc(C)c1. The molecule has 3 rings (SSSR count). The van der Waals surface area contributed by atoms with E-state index in [4.69, 9.17) is 4.74 Å². The maximum absolute atomic E-state index is 12.8. The maximum atomic E-state index is 12.8. The number of amides is 1. The molecule has 2 aromatic rings. The monoisotopic (exact) mass is 315 g/mol. The van der Waals surface area contributed by atoms with Crippen molar-refractivity contribution in [1.82, 2.24) is 4.90 Å². The minimum absolute atomic E-state index is 0.129. The van der Waals surface area contributed by atoms with Crippen molar-refractivity contribution in [2.75, 3.05) is 13.7 Å². The summed E-state index contributed by atoms with van der Waals surface area (Å²) in [6.07, 6.45) is 0.776. The van der Waals surface area contributed by atoms with Gasteiger partial charge in [0.25, 0.3) is 5.91 Å². The maximum Gasteiger partial charge on any atom is 0.333 e. The summed E-state index contributed by atoms with van der Waals surface area (Å²) in [7, 11) is 1.36. The van der Waals surface area contributed by atoms with Crippen LogP contribution in [0.25, 0.3) is 0 Å². The Bertz CT molecular complexity index is 722. The summed E-state index contributed by atoms with van der Waals surface area (Å²) < 4.78 is 4.93. The first-order valence-corrected chi connectivity index (χ1v) is 8.01. The van der Waals surface area contributed by atoms with Crippen LogP contribution in [-0.2, 0) is 16.0 Å². The minimum atomic E-state index is -0.645. The third-order valence-corrected chi connectivity index (χ3v) is 4.91. The van der Waals surface area contributed by atoms with E-state index in [1.807, 2.05) is 36.6 Å². The van der Waals surface area contributed by atoms with Gasteiger partial charge in [0.15, 0.2) is 6.04 Å². The van der Waals surface area contributed by atoms with Crippen molar-refractivity contribution in [3.63, 3.8) is 0 Å². The van der Waals surface area contributed by atoms with Crippen LogP contribution in [0.3, 0.4) is 0 Å². The molecule has 0 saturated heterocycles. The van der Waals surface area contributed by atoms with Crippen molar-refractivity contribution in [2.45, 2.75) is 19.4 Å². The number of ether oxygens (including phenoxy) is 1. The van der Waals surface area contributed by atoms with Gasteiger partial charge >= 0.3 is 5.97 Å². The molecule has 0 aliphatic carbocycles. The Morgan fingerprint density at radius 1 is 1.32 bits per heavy atom. The van der Waals surface area contributed by atoms with E-state index >= 15 is 0 Å². The van der Waals surface area contributed by atoms with Crippen molar-refractivity contribution in [1.29, 1.82) is 0 Å². The molecular formula is C17H17NO3S. The minimum Gasteiger partial charge on any atom is -0.467 e. The molecule has 0 saturated carbocycles. The van der Waals surface area contributed by atoms with Crippen LogP contribution in [0.2, 0.25) is 0 Å². The second kappa shape index (κ2) is 5.93. The summed E-state index contributed by atoms with van der Waals surface area (Å²) >= 11 is 1.62. The summed E-state index contributed by atoms with van der Waals surface area (Å²) in [5.41, 5.74) is 2.52. The quantitative estimate of drug-likeness (QED) is 0.801. The molecule has 1 amide bonds. The molecule has 4 nitrogen and oxygen atoms in total. The first kappa shape index (κ1) is 14.8. The number of aryl methyl sites for hydroxylation is 1. The Labute approximate surface area is 133 Å². The van der Waals surface area contributed by atoms with Crippen molar-refractivity contribution in [3.05, 3.63) is 57.3 Å². The van der Waals surface area contributed by atoms with E-state index in [0.29, 0.717) is 12.1 Å². The van der Waals surface area contributed by atoms with Gasteiger partial charge in [0.05, 0.1) is 7.11 Å². The van der Waals surface area contributed by atoms with Crippen LogP contribution in [0.5, 0.6) is 0 Å². The van der Waals surface area contributed by atoms with Crippen LogP contribution in [0.15, 0.2) is 35.7 Å². The Kier molecular flexibility index (Phi) is 3.98. The number of carbonyl (C=O) groups is 2. The van der Waals surface area contributed by atoms with Gasteiger partial charge in [-0.05, 0) is 42.5 Å². The summed E-state index contributed by atoms with van der Waals surface area (Å²) in [6, 6.07) is 8.70. The number of hydrogen-bond donors (Lipinski definition) is 0. The van der Waals surface area contributed by atoms with Gasteiger partial charge in [0.1, 0.15) is 0 Å². The highest BCUT2D eigenvalue weighted by Gasteiger charge is 2.37. The lowest BCUT2D eigenvalue weighted by atomic mass is 9.98. The topological polar surface area (TPSA) is 46.6 Å². The second-order valence-corrected chi connectivity index (χ2v) is 6.34. The number of fused-ring (bicyclic) bond motifs is 1. The van der Waals surface area contributed by atoms with Gasteiger partial charge in [-0.15, -0.1) is 11.3 Å². The van der Waals surface area contributed by atoms with Crippen LogP contribution >= 0.6 is 11.3 Å². The molecule has 1 aliphatic heterocycles. The van der Waals surface area contributed by atoms with Gasteiger partial charge in [0, 0.05) is 17.0 Å². The van der Waals surface area contributed by atoms with Crippen molar-refractivity contribution in [3.8, 4) is 0 Å². The Balaban J connectivity index is 1.98. The molecule has 0 N–H and O–H groups in total. The second-order valence-electron chi connectivity index (χ2n) is 5.34. The summed E-state index contributed by atoms with van der Waals surface area (Å²) in [5, 5.41) is 1.96. The third-order valence-electron chi connectivity index (χ3n) is 3.92. The van der Waals surface area contributed by atoms with Gasteiger partial charge in [-0.1, -0.05) is 17.7 Å². The predicted molar refractivity (Wildman–Crippen MR) is 85.0 cm³/mol. The van der Waals surface area contributed by atoms with Gasteiger partial charge in [0.2, 0.25) is 0 Å². The highest BCUT2D eigenvalue weighted by atomic mass is 32.1. The normalized spacial score (nSPS) is 17.0. The molecule has 1 atom stereocenters. The number of benzene rings is 1. The van der Waals surface area contributed by atoms with Crippen molar-refractivity contribution >= 4 is 23.2 Å². The van der Waals surface area contributed by atoms with E-state index < -0.39 is 6.04 Å². The van der Waals surface area contributed by atoms with Crippen molar-refractivity contribution in [2.24, 2.45) is 0 Å². The zero-order valence-electron chi connectivity index (χ0n) is 12.5. The first-order chi connectivity index (χ1) is 10.6. The highest BCUT2D eigenvalue weighted by molar-refractivity contribution is 7.10. The smallest absolute Gasteiger partial charge is 0.333 e. The number of nitrogens with zero attached hydrogens (tertiary/aromatic N) is 1. The molecule has 1 aliphatic rings. The predicted octanol–water partition coefficient (Wildman–Crippen LogP) is 2.97. The van der Waals surface area contributed by atoms with Gasteiger partial charge in [-0.3, -0.25) is 4.79 Å². The van der Waals surface area contributed by atoms with E-state index in [1.54, 1.807) is 22.3 Å². The number of methoxy groups -OCH3 is 1. The van der Waals surface area contributed by atoms with E-state index in [1.165, 1.54) is 7.11 Å². The van der Waals surface area contributed by atoms with Crippen molar-refractivity contribution < 1.29 is 14.3 Å². The molecule has 1 aromatic heterocycles. The van der Waals surface area contributed by atoms with E-state index in [9.17, 15) is 9.59 Å². The number of hydrogen-bond acceptors (Lipinski definition) is 4. The molecule has 0 radical (unpaired) electrons. The summed E-state index contributed by atoms with van der Waals surface area (Å²) in [6.45, 7) is 2.47. The van der Waals surface area contributed by atoms with Gasteiger partial charge in [-0.25, -0.2) is 4.79 Å². The van der Waals surface area contributed by atoms with E-state index in [-0.39, 0.29) is 11.9 Å². The Hall–Kier alpha value is -2.14. The number of thiophene rings is 1. The van der Waals surface area contributed by atoms with Crippen LogP contribution in [0.4, 0.5) is 0 Å². The molecular weight excluding hydrogens is 298 g/mol. The molecule has 1 aromatic carbocycles. The Morgan fingerprint density at radius 2 is 2.14 bits per heavy atom.